The van der Waals surface area contributed by atoms with E-state index in [4.69, 9.17) is 19.9 Å². The molecule has 1 fully saturated rings. The van der Waals surface area contributed by atoms with Crippen LogP contribution < -0.4 is 10.5 Å². The molecule has 1 aromatic rings. The van der Waals surface area contributed by atoms with Crippen molar-refractivity contribution in [2.45, 2.75) is 69.7 Å². The number of benzene rings is 1. The summed E-state index contributed by atoms with van der Waals surface area (Å²) in [7, 11) is 1.64. The molecule has 1 saturated carbocycles. The first-order valence-electron chi connectivity index (χ1n) is 10.7. The Bertz CT molecular complexity index is 662. The number of hydrogen-bond acceptors (Lipinski definition) is 5. The Hall–Kier alpha value is -1.43. The minimum absolute atomic E-state index is 0.0315. The molecule has 2 N–H and O–H groups in total. The lowest BCUT2D eigenvalue weighted by molar-refractivity contribution is -0.134. The zero-order chi connectivity index (χ0) is 20.0. The Kier molecular flexibility index (Phi) is 7.49. The van der Waals surface area contributed by atoms with E-state index < -0.39 is 0 Å². The van der Waals surface area contributed by atoms with Crippen molar-refractivity contribution < 1.29 is 19.0 Å². The van der Waals surface area contributed by atoms with E-state index in [1.807, 2.05) is 6.07 Å². The third-order valence-electron chi connectivity index (χ3n) is 6.53. The van der Waals surface area contributed by atoms with Crippen LogP contribution in [0.15, 0.2) is 18.2 Å². The summed E-state index contributed by atoms with van der Waals surface area (Å²) < 4.78 is 15.9. The van der Waals surface area contributed by atoms with Crippen LogP contribution in [0.4, 0.5) is 0 Å². The predicted octanol–water partition coefficient (Wildman–Crippen LogP) is 3.76. The summed E-state index contributed by atoms with van der Waals surface area (Å²) in [4.78, 5) is 12.2. The zero-order valence-electron chi connectivity index (χ0n) is 17.4. The maximum atomic E-state index is 12.2. The molecule has 2 aliphatic rings. The second kappa shape index (κ2) is 9.86. The van der Waals surface area contributed by atoms with E-state index in [0.29, 0.717) is 44.3 Å². The average Bonchev–Trinajstić information content (AvgIpc) is 2.68. The number of hydrogen-bond donors (Lipinski definition) is 1. The highest BCUT2D eigenvalue weighted by atomic mass is 16.5. The summed E-state index contributed by atoms with van der Waals surface area (Å²) in [6.07, 6.45) is 8.15. The van der Waals surface area contributed by atoms with Gasteiger partial charge in [-0.15, -0.1) is 0 Å². The number of carbonyl (C=O) groups excluding carboxylic acids is 1. The molecule has 2 aliphatic carbocycles. The fraction of sp³-hybridized carbons (Fsp3) is 0.696. The van der Waals surface area contributed by atoms with Crippen LogP contribution >= 0.6 is 0 Å². The van der Waals surface area contributed by atoms with Gasteiger partial charge in [-0.1, -0.05) is 32.3 Å². The number of carbonyl (C=O) groups is 1. The van der Waals surface area contributed by atoms with Gasteiger partial charge in [0.05, 0.1) is 13.2 Å². The second-order valence-electron chi connectivity index (χ2n) is 8.51. The van der Waals surface area contributed by atoms with Gasteiger partial charge in [0.2, 0.25) is 0 Å². The van der Waals surface area contributed by atoms with Gasteiger partial charge in [-0.2, -0.15) is 0 Å². The average molecular weight is 390 g/mol. The van der Waals surface area contributed by atoms with Gasteiger partial charge in [0.15, 0.2) is 0 Å². The van der Waals surface area contributed by atoms with Gasteiger partial charge < -0.3 is 19.9 Å². The van der Waals surface area contributed by atoms with Gasteiger partial charge in [0.25, 0.3) is 0 Å². The fourth-order valence-corrected chi connectivity index (χ4v) is 4.84. The van der Waals surface area contributed by atoms with Crippen LogP contribution in [-0.4, -0.2) is 38.9 Å². The van der Waals surface area contributed by atoms with Gasteiger partial charge in [-0.05, 0) is 54.9 Å². The number of ether oxygens (including phenoxy) is 3. The molecule has 0 unspecified atom stereocenters. The summed E-state index contributed by atoms with van der Waals surface area (Å²) in [5.74, 6) is 0.985. The summed E-state index contributed by atoms with van der Waals surface area (Å²) in [6, 6.07) is 6.33. The molecule has 0 radical (unpaired) electrons. The quantitative estimate of drug-likeness (QED) is 0.416. The molecule has 0 aromatic heterocycles. The Labute approximate surface area is 168 Å². The first kappa shape index (κ1) is 21.3. The van der Waals surface area contributed by atoms with E-state index in [-0.39, 0.29) is 17.4 Å². The molecule has 1 aromatic carbocycles. The summed E-state index contributed by atoms with van der Waals surface area (Å²) in [5.41, 5.74) is 9.37. The molecule has 0 aliphatic heterocycles. The van der Waals surface area contributed by atoms with Crippen molar-refractivity contribution >= 4 is 5.97 Å². The maximum Gasteiger partial charge on any atom is 0.311 e. The van der Waals surface area contributed by atoms with Crippen LogP contribution in [0.3, 0.4) is 0 Å². The summed E-state index contributed by atoms with van der Waals surface area (Å²) >= 11 is 0. The lowest BCUT2D eigenvalue weighted by Crippen LogP contribution is -2.52. The van der Waals surface area contributed by atoms with Crippen LogP contribution in [0.25, 0.3) is 0 Å². The molecular formula is C23H35NO4. The van der Waals surface area contributed by atoms with E-state index >= 15 is 0 Å². The van der Waals surface area contributed by atoms with E-state index in [1.54, 1.807) is 7.11 Å². The molecular weight excluding hydrogens is 354 g/mol. The van der Waals surface area contributed by atoms with Gasteiger partial charge in [-0.25, -0.2) is 0 Å². The Morgan fingerprint density at radius 3 is 2.89 bits per heavy atom. The van der Waals surface area contributed by atoms with E-state index in [0.717, 1.165) is 12.8 Å². The molecule has 3 atom stereocenters. The van der Waals surface area contributed by atoms with Gasteiger partial charge in [-0.3, -0.25) is 4.79 Å². The Balaban J connectivity index is 1.63. The molecule has 156 valence electrons. The number of methoxy groups -OCH3 is 1. The van der Waals surface area contributed by atoms with Crippen LogP contribution in [0, 0.1) is 5.92 Å². The van der Waals surface area contributed by atoms with E-state index in [2.05, 4.69) is 19.1 Å². The zero-order valence-corrected chi connectivity index (χ0v) is 17.4. The van der Waals surface area contributed by atoms with Crippen molar-refractivity contribution in [2.24, 2.45) is 11.7 Å². The highest BCUT2D eigenvalue weighted by Crippen LogP contribution is 2.46. The summed E-state index contributed by atoms with van der Waals surface area (Å²) in [6.45, 7) is 3.96. The first-order valence-corrected chi connectivity index (χ1v) is 10.7. The molecule has 3 rings (SSSR count). The van der Waals surface area contributed by atoms with Crippen molar-refractivity contribution in [1.82, 2.24) is 0 Å². The summed E-state index contributed by atoms with van der Waals surface area (Å²) in [5, 5.41) is 0. The molecule has 5 heteroatoms. The monoisotopic (exact) mass is 389 g/mol. The molecule has 0 heterocycles. The Morgan fingerprint density at radius 1 is 1.21 bits per heavy atom. The topological polar surface area (TPSA) is 70.8 Å². The van der Waals surface area contributed by atoms with E-state index in [9.17, 15) is 4.79 Å². The SMILES string of the molecule is COCCOCCCC(=O)Oc1ccc2c(c1)[C@@]1(C)CCCCC[C@@H](C2)[C@@H]1N. The predicted molar refractivity (Wildman–Crippen MR) is 110 cm³/mol. The van der Waals surface area contributed by atoms with Crippen molar-refractivity contribution in [2.75, 3.05) is 26.9 Å². The van der Waals surface area contributed by atoms with Crippen molar-refractivity contribution in [3.8, 4) is 5.75 Å². The molecule has 28 heavy (non-hydrogen) atoms. The molecule has 0 spiro atoms. The van der Waals surface area contributed by atoms with Crippen molar-refractivity contribution in [1.29, 1.82) is 0 Å². The third kappa shape index (κ3) is 4.94. The molecule has 5 nitrogen and oxygen atoms in total. The number of fused-ring (bicyclic) bond motifs is 4. The van der Waals surface area contributed by atoms with E-state index in [1.165, 1.54) is 36.8 Å². The van der Waals surface area contributed by atoms with Crippen LogP contribution in [0.2, 0.25) is 0 Å². The fourth-order valence-electron chi connectivity index (χ4n) is 4.84. The Morgan fingerprint density at radius 2 is 2.07 bits per heavy atom. The second-order valence-corrected chi connectivity index (χ2v) is 8.51. The number of rotatable bonds is 8. The number of nitrogens with two attached hydrogens (primary N) is 1. The van der Waals surface area contributed by atoms with Crippen molar-refractivity contribution in [3.63, 3.8) is 0 Å². The maximum absolute atomic E-state index is 12.2. The molecule has 0 saturated heterocycles. The largest absolute Gasteiger partial charge is 0.427 e. The smallest absolute Gasteiger partial charge is 0.311 e. The van der Waals surface area contributed by atoms with Crippen LogP contribution in [0.5, 0.6) is 5.75 Å². The normalized spacial score (nSPS) is 26.8. The highest BCUT2D eigenvalue weighted by Gasteiger charge is 2.43. The number of esters is 1. The highest BCUT2D eigenvalue weighted by molar-refractivity contribution is 5.72. The van der Waals surface area contributed by atoms with Gasteiger partial charge >= 0.3 is 5.97 Å². The first-order chi connectivity index (χ1) is 13.5. The third-order valence-corrected chi connectivity index (χ3v) is 6.53. The van der Waals surface area contributed by atoms with Gasteiger partial charge in [0, 0.05) is 31.6 Å². The molecule has 2 bridgehead atoms. The lowest BCUT2D eigenvalue weighted by Gasteiger charge is -2.47. The lowest BCUT2D eigenvalue weighted by atomic mass is 9.60. The minimum atomic E-state index is -0.212. The standard InChI is InChI=1S/C23H35NO4/c1-23-11-5-3-4-7-18(22(23)24)15-17-9-10-19(16-20(17)23)28-21(25)8-6-12-27-14-13-26-2/h9-10,16,18,22H,3-8,11-15,24H2,1-2H3/t18-,22-,23+/m0/s1. The molecule has 0 amide bonds. The van der Waals surface area contributed by atoms with Crippen LogP contribution in [0.1, 0.15) is 63.0 Å². The van der Waals surface area contributed by atoms with Crippen LogP contribution in [-0.2, 0) is 26.1 Å². The van der Waals surface area contributed by atoms with Crippen molar-refractivity contribution in [3.05, 3.63) is 29.3 Å². The van der Waals surface area contributed by atoms with Gasteiger partial charge in [0.1, 0.15) is 5.75 Å². The minimum Gasteiger partial charge on any atom is -0.427 e.